The summed E-state index contributed by atoms with van der Waals surface area (Å²) >= 11 is 0. The minimum Gasteiger partial charge on any atom is -0.497 e. The number of esters is 1. The van der Waals surface area contributed by atoms with E-state index in [-0.39, 0.29) is 5.97 Å². The van der Waals surface area contributed by atoms with Crippen molar-refractivity contribution in [1.29, 1.82) is 0 Å². The van der Waals surface area contributed by atoms with Gasteiger partial charge in [0.1, 0.15) is 17.0 Å². The second-order valence-electron chi connectivity index (χ2n) is 4.31. The monoisotopic (exact) mass is 253 g/mol. The van der Waals surface area contributed by atoms with E-state index in [9.17, 15) is 4.79 Å². The van der Waals surface area contributed by atoms with Gasteiger partial charge in [-0.05, 0) is 26.0 Å². The molecule has 0 bridgehead atoms. The SMILES string of the molecule is COC(=O)C(C)(C)Nc1ccc(OC)cc1OC. The molecule has 18 heavy (non-hydrogen) atoms. The van der Waals surface area contributed by atoms with E-state index in [1.165, 1.54) is 7.11 Å². The topological polar surface area (TPSA) is 56.8 Å². The molecule has 0 unspecified atom stereocenters. The third-order valence-corrected chi connectivity index (χ3v) is 2.55. The zero-order valence-corrected chi connectivity index (χ0v) is 11.4. The van der Waals surface area contributed by atoms with Gasteiger partial charge in [-0.25, -0.2) is 4.79 Å². The molecule has 0 radical (unpaired) electrons. The van der Waals surface area contributed by atoms with Crippen LogP contribution in [-0.4, -0.2) is 32.8 Å². The summed E-state index contributed by atoms with van der Waals surface area (Å²) in [6, 6.07) is 5.33. The van der Waals surface area contributed by atoms with E-state index < -0.39 is 5.54 Å². The Balaban J connectivity index is 3.00. The molecule has 1 aromatic rings. The summed E-state index contributed by atoms with van der Waals surface area (Å²) in [5, 5.41) is 3.08. The molecule has 0 saturated heterocycles. The van der Waals surface area contributed by atoms with Gasteiger partial charge in [0.15, 0.2) is 0 Å². The second kappa shape index (κ2) is 5.62. The summed E-state index contributed by atoms with van der Waals surface area (Å²) < 4.78 is 15.1. The molecular formula is C13H19NO4. The van der Waals surface area contributed by atoms with Crippen LogP contribution in [0.2, 0.25) is 0 Å². The first kappa shape index (κ1) is 14.2. The number of methoxy groups -OCH3 is 3. The van der Waals surface area contributed by atoms with Crippen molar-refractivity contribution in [2.45, 2.75) is 19.4 Å². The van der Waals surface area contributed by atoms with Gasteiger partial charge in [-0.3, -0.25) is 0 Å². The number of nitrogens with one attached hydrogen (secondary N) is 1. The molecule has 0 saturated carbocycles. The molecular weight excluding hydrogens is 234 g/mol. The van der Waals surface area contributed by atoms with Gasteiger partial charge < -0.3 is 19.5 Å². The molecule has 0 aliphatic heterocycles. The molecule has 0 atom stereocenters. The van der Waals surface area contributed by atoms with Crippen molar-refractivity contribution < 1.29 is 19.0 Å². The van der Waals surface area contributed by atoms with E-state index in [2.05, 4.69) is 5.32 Å². The van der Waals surface area contributed by atoms with Gasteiger partial charge in [0.05, 0.1) is 27.0 Å². The lowest BCUT2D eigenvalue weighted by atomic mass is 10.1. The van der Waals surface area contributed by atoms with E-state index in [1.54, 1.807) is 46.3 Å². The van der Waals surface area contributed by atoms with Gasteiger partial charge in [-0.1, -0.05) is 0 Å². The summed E-state index contributed by atoms with van der Waals surface area (Å²) in [5.74, 6) is 0.944. The van der Waals surface area contributed by atoms with Crippen molar-refractivity contribution in [3.8, 4) is 11.5 Å². The highest BCUT2D eigenvalue weighted by Gasteiger charge is 2.29. The van der Waals surface area contributed by atoms with Gasteiger partial charge in [-0.15, -0.1) is 0 Å². The fraction of sp³-hybridized carbons (Fsp3) is 0.462. The van der Waals surface area contributed by atoms with Crippen LogP contribution in [0.25, 0.3) is 0 Å². The second-order valence-corrected chi connectivity index (χ2v) is 4.31. The van der Waals surface area contributed by atoms with Gasteiger partial charge in [0.2, 0.25) is 0 Å². The molecule has 0 heterocycles. The van der Waals surface area contributed by atoms with Crippen molar-refractivity contribution in [1.82, 2.24) is 0 Å². The van der Waals surface area contributed by atoms with E-state index in [4.69, 9.17) is 14.2 Å². The first-order valence-electron chi connectivity index (χ1n) is 5.53. The van der Waals surface area contributed by atoms with E-state index in [0.29, 0.717) is 17.2 Å². The average molecular weight is 253 g/mol. The summed E-state index contributed by atoms with van der Waals surface area (Å²) in [5.41, 5.74) is -0.134. The highest BCUT2D eigenvalue weighted by Crippen LogP contribution is 2.31. The molecule has 1 rings (SSSR count). The first-order chi connectivity index (χ1) is 8.44. The zero-order valence-electron chi connectivity index (χ0n) is 11.4. The molecule has 0 aliphatic carbocycles. The Hall–Kier alpha value is -1.91. The highest BCUT2D eigenvalue weighted by atomic mass is 16.5. The fourth-order valence-electron chi connectivity index (χ4n) is 1.54. The standard InChI is InChI=1S/C13H19NO4/c1-13(2,12(15)18-5)14-10-7-6-9(16-3)8-11(10)17-4/h6-8,14H,1-5H3. The van der Waals surface area contributed by atoms with Crippen molar-refractivity contribution in [3.05, 3.63) is 18.2 Å². The molecule has 0 aromatic heterocycles. The van der Waals surface area contributed by atoms with Crippen molar-refractivity contribution in [3.63, 3.8) is 0 Å². The van der Waals surface area contributed by atoms with E-state index in [0.717, 1.165) is 0 Å². The molecule has 0 aliphatic rings. The Bertz CT molecular complexity index is 429. The summed E-state index contributed by atoms with van der Waals surface area (Å²) in [6.45, 7) is 3.48. The number of carbonyl (C=O) groups excluding carboxylic acids is 1. The molecule has 5 nitrogen and oxygen atoms in total. The number of hydrogen-bond donors (Lipinski definition) is 1. The van der Waals surface area contributed by atoms with Crippen LogP contribution in [0.4, 0.5) is 5.69 Å². The smallest absolute Gasteiger partial charge is 0.330 e. The van der Waals surface area contributed by atoms with Crippen LogP contribution < -0.4 is 14.8 Å². The summed E-state index contributed by atoms with van der Waals surface area (Å²) in [7, 11) is 4.50. The predicted octanol–water partition coefficient (Wildman–Crippen LogP) is 2.07. The van der Waals surface area contributed by atoms with Crippen molar-refractivity contribution in [2.24, 2.45) is 0 Å². The van der Waals surface area contributed by atoms with Gasteiger partial charge in [0, 0.05) is 6.07 Å². The van der Waals surface area contributed by atoms with Crippen LogP contribution in [0, 0.1) is 0 Å². The van der Waals surface area contributed by atoms with E-state index in [1.807, 2.05) is 0 Å². The lowest BCUT2D eigenvalue weighted by molar-refractivity contribution is -0.144. The lowest BCUT2D eigenvalue weighted by Crippen LogP contribution is -2.41. The molecule has 0 amide bonds. The van der Waals surface area contributed by atoms with Crippen molar-refractivity contribution in [2.75, 3.05) is 26.6 Å². The lowest BCUT2D eigenvalue weighted by Gasteiger charge is -2.25. The maximum atomic E-state index is 11.6. The Labute approximate surface area is 107 Å². The Morgan fingerprint density at radius 1 is 1.17 bits per heavy atom. The molecule has 100 valence electrons. The molecule has 1 aromatic carbocycles. The maximum Gasteiger partial charge on any atom is 0.330 e. The minimum absolute atomic E-state index is 0.347. The van der Waals surface area contributed by atoms with Gasteiger partial charge in [-0.2, -0.15) is 0 Å². The number of ether oxygens (including phenoxy) is 3. The third kappa shape index (κ3) is 3.06. The van der Waals surface area contributed by atoms with Crippen LogP contribution in [0.15, 0.2) is 18.2 Å². The Kier molecular flexibility index (Phi) is 4.42. The predicted molar refractivity (Wildman–Crippen MR) is 69.3 cm³/mol. The number of hydrogen-bond acceptors (Lipinski definition) is 5. The van der Waals surface area contributed by atoms with Gasteiger partial charge >= 0.3 is 5.97 Å². The van der Waals surface area contributed by atoms with Crippen molar-refractivity contribution >= 4 is 11.7 Å². The zero-order chi connectivity index (χ0) is 13.8. The fourth-order valence-corrected chi connectivity index (χ4v) is 1.54. The van der Waals surface area contributed by atoms with Crippen LogP contribution in [0.3, 0.4) is 0 Å². The highest BCUT2D eigenvalue weighted by molar-refractivity contribution is 5.84. The third-order valence-electron chi connectivity index (χ3n) is 2.55. The largest absolute Gasteiger partial charge is 0.497 e. The summed E-state index contributed by atoms with van der Waals surface area (Å²) in [6.07, 6.45) is 0. The minimum atomic E-state index is -0.837. The molecule has 0 spiro atoms. The van der Waals surface area contributed by atoms with Crippen LogP contribution in [0.5, 0.6) is 11.5 Å². The van der Waals surface area contributed by atoms with E-state index >= 15 is 0 Å². The molecule has 0 fully saturated rings. The molecule has 5 heteroatoms. The number of rotatable bonds is 5. The maximum absolute atomic E-state index is 11.6. The Morgan fingerprint density at radius 3 is 2.33 bits per heavy atom. The number of carbonyl (C=O) groups is 1. The van der Waals surface area contributed by atoms with Crippen LogP contribution in [0.1, 0.15) is 13.8 Å². The first-order valence-corrected chi connectivity index (χ1v) is 5.53. The normalized spacial score (nSPS) is 10.7. The number of benzene rings is 1. The summed E-state index contributed by atoms with van der Waals surface area (Å²) in [4.78, 5) is 11.6. The van der Waals surface area contributed by atoms with Crippen LogP contribution in [-0.2, 0) is 9.53 Å². The Morgan fingerprint density at radius 2 is 1.83 bits per heavy atom. The molecule has 1 N–H and O–H groups in total. The van der Waals surface area contributed by atoms with Crippen LogP contribution >= 0.6 is 0 Å². The quantitative estimate of drug-likeness (QED) is 0.814. The number of anilines is 1. The average Bonchev–Trinajstić information content (AvgIpc) is 2.37. The van der Waals surface area contributed by atoms with Gasteiger partial charge in [0.25, 0.3) is 0 Å².